The van der Waals surface area contributed by atoms with Crippen molar-refractivity contribution in [3.63, 3.8) is 0 Å². The molecule has 0 aliphatic carbocycles. The van der Waals surface area contributed by atoms with Crippen molar-refractivity contribution in [2.24, 2.45) is 0 Å². The lowest BCUT2D eigenvalue weighted by atomic mass is 10.2. The normalized spacial score (nSPS) is 7.89. The Morgan fingerprint density at radius 1 is 1.44 bits per heavy atom. The lowest BCUT2D eigenvalue weighted by molar-refractivity contribution is 0.271. The minimum atomic E-state index is 0.436. The molecule has 2 nitrogen and oxygen atoms in total. The quantitative estimate of drug-likeness (QED) is 0.402. The molecule has 0 atom stereocenters. The Morgan fingerprint density at radius 2 is 2.22 bits per heavy atom. The highest BCUT2D eigenvalue weighted by atomic mass is 16.5. The molecule has 0 aromatic carbocycles. The second kappa shape index (κ2) is 7.03. The van der Waals surface area contributed by atoms with Crippen molar-refractivity contribution in [2.45, 2.75) is 19.3 Å². The fourth-order valence-corrected chi connectivity index (χ4v) is 0.443. The van der Waals surface area contributed by atoms with Crippen molar-refractivity contribution in [2.75, 3.05) is 6.61 Å². The third-order valence-electron chi connectivity index (χ3n) is 0.876. The Bertz CT molecular complexity index is 102. The predicted molar refractivity (Wildman–Crippen MR) is 34.3 cm³/mol. The van der Waals surface area contributed by atoms with Crippen molar-refractivity contribution < 1.29 is 9.53 Å². The van der Waals surface area contributed by atoms with E-state index in [2.05, 4.69) is 10.7 Å². The number of carbonyl (C=O) groups excluding carboxylic acids is 1. The molecule has 0 saturated heterocycles. The van der Waals surface area contributed by atoms with Crippen molar-refractivity contribution in [1.82, 2.24) is 0 Å². The average molecular weight is 125 g/mol. The summed E-state index contributed by atoms with van der Waals surface area (Å²) in [5.41, 5.74) is 0. The molecule has 0 saturated carbocycles. The van der Waals surface area contributed by atoms with E-state index in [1.807, 2.05) is 0 Å². The zero-order chi connectivity index (χ0) is 6.95. The van der Waals surface area contributed by atoms with E-state index in [1.54, 1.807) is 0 Å². The van der Waals surface area contributed by atoms with Crippen LogP contribution in [0.3, 0.4) is 0 Å². The molecule has 49 valence electrons. The number of hydrogen-bond donors (Lipinski definition) is 0. The van der Waals surface area contributed by atoms with Crippen LogP contribution in [0.15, 0.2) is 0 Å². The van der Waals surface area contributed by atoms with E-state index in [0.717, 1.165) is 19.3 Å². The maximum atomic E-state index is 9.45. The Kier molecular flexibility index (Phi) is 6.27. The summed E-state index contributed by atoms with van der Waals surface area (Å²) >= 11 is 0. The lowest BCUT2D eigenvalue weighted by Gasteiger charge is -1.92. The van der Waals surface area contributed by atoms with E-state index in [1.165, 1.54) is 6.47 Å². The molecule has 0 spiro atoms. The first kappa shape index (κ1) is 8.03. The number of terminal acetylenes is 1. The second-order valence-corrected chi connectivity index (χ2v) is 1.59. The van der Waals surface area contributed by atoms with E-state index < -0.39 is 0 Å². The Morgan fingerprint density at radius 3 is 2.78 bits per heavy atom. The number of hydrogen-bond acceptors (Lipinski definition) is 2. The molecule has 0 rings (SSSR count). The molecule has 0 aliphatic rings. The van der Waals surface area contributed by atoms with E-state index in [0.29, 0.717) is 6.61 Å². The molecule has 0 N–H and O–H groups in total. The van der Waals surface area contributed by atoms with E-state index in [-0.39, 0.29) is 0 Å². The maximum Gasteiger partial charge on any atom is 0.417 e. The van der Waals surface area contributed by atoms with Crippen molar-refractivity contribution >= 4 is 6.47 Å². The minimum absolute atomic E-state index is 0.436. The van der Waals surface area contributed by atoms with Gasteiger partial charge in [0.05, 0.1) is 6.61 Å². The molecule has 1 radical (unpaired) electrons. The summed E-state index contributed by atoms with van der Waals surface area (Å²) in [7, 11) is 0. The fraction of sp³-hybridized carbons (Fsp3) is 0.571. The molecule has 0 amide bonds. The molecule has 0 fully saturated rings. The molecule has 0 bridgehead atoms. The van der Waals surface area contributed by atoms with E-state index in [9.17, 15) is 4.79 Å². The van der Waals surface area contributed by atoms with Crippen LogP contribution in [0.5, 0.6) is 0 Å². The van der Waals surface area contributed by atoms with Gasteiger partial charge in [0.2, 0.25) is 0 Å². The molecular weight excluding hydrogens is 116 g/mol. The predicted octanol–water partition coefficient (Wildman–Crippen LogP) is 0.874. The van der Waals surface area contributed by atoms with Gasteiger partial charge in [0.15, 0.2) is 0 Å². The Balaban J connectivity index is 2.76. The molecular formula is C7H9O2. The van der Waals surface area contributed by atoms with Crippen molar-refractivity contribution in [1.29, 1.82) is 0 Å². The van der Waals surface area contributed by atoms with Crippen LogP contribution in [0.4, 0.5) is 0 Å². The fourth-order valence-electron chi connectivity index (χ4n) is 0.443. The zero-order valence-corrected chi connectivity index (χ0v) is 5.22. The van der Waals surface area contributed by atoms with Crippen LogP contribution < -0.4 is 0 Å². The number of rotatable bonds is 5. The summed E-state index contributed by atoms with van der Waals surface area (Å²) in [6, 6.07) is 0. The van der Waals surface area contributed by atoms with Gasteiger partial charge in [-0.3, -0.25) is 0 Å². The van der Waals surface area contributed by atoms with Gasteiger partial charge in [-0.2, -0.15) is 0 Å². The molecule has 0 aromatic heterocycles. The van der Waals surface area contributed by atoms with Gasteiger partial charge >= 0.3 is 6.47 Å². The van der Waals surface area contributed by atoms with Crippen LogP contribution in [0.2, 0.25) is 0 Å². The maximum absolute atomic E-state index is 9.45. The minimum Gasteiger partial charge on any atom is -0.457 e. The highest BCUT2D eigenvalue weighted by Gasteiger charge is 1.85. The van der Waals surface area contributed by atoms with Gasteiger partial charge < -0.3 is 4.74 Å². The molecule has 0 aromatic rings. The van der Waals surface area contributed by atoms with Gasteiger partial charge in [-0.05, 0) is 12.8 Å². The van der Waals surface area contributed by atoms with Crippen molar-refractivity contribution in [3.05, 3.63) is 0 Å². The van der Waals surface area contributed by atoms with Gasteiger partial charge in [0.25, 0.3) is 0 Å². The third-order valence-corrected chi connectivity index (χ3v) is 0.876. The summed E-state index contributed by atoms with van der Waals surface area (Å²) in [5, 5.41) is 0. The van der Waals surface area contributed by atoms with Gasteiger partial charge in [0, 0.05) is 6.42 Å². The standard InChI is InChI=1S/C7H9O2/c1-2-3-4-5-6-9-7-8/h1H,3-6H2. The molecule has 0 unspecified atom stereocenters. The lowest BCUT2D eigenvalue weighted by Crippen LogP contribution is -1.90. The number of unbranched alkanes of at least 4 members (excludes halogenated alkanes) is 2. The summed E-state index contributed by atoms with van der Waals surface area (Å²) in [4.78, 5) is 9.45. The van der Waals surface area contributed by atoms with Crippen molar-refractivity contribution in [3.8, 4) is 12.3 Å². The molecule has 0 aliphatic heterocycles. The highest BCUT2D eigenvalue weighted by Crippen LogP contribution is 1.92. The second-order valence-electron chi connectivity index (χ2n) is 1.59. The zero-order valence-electron chi connectivity index (χ0n) is 5.22. The average Bonchev–Trinajstić information content (AvgIpc) is 1.89. The van der Waals surface area contributed by atoms with Crippen LogP contribution in [-0.4, -0.2) is 13.1 Å². The summed E-state index contributed by atoms with van der Waals surface area (Å²) < 4.78 is 4.31. The highest BCUT2D eigenvalue weighted by molar-refractivity contribution is 5.37. The van der Waals surface area contributed by atoms with Crippen LogP contribution in [-0.2, 0) is 9.53 Å². The van der Waals surface area contributed by atoms with Gasteiger partial charge in [-0.15, -0.1) is 12.3 Å². The van der Waals surface area contributed by atoms with Gasteiger partial charge in [-0.1, -0.05) is 0 Å². The van der Waals surface area contributed by atoms with Crippen LogP contribution >= 0.6 is 0 Å². The smallest absolute Gasteiger partial charge is 0.417 e. The SMILES string of the molecule is C#CCCCCO[C]=O. The van der Waals surface area contributed by atoms with Crippen LogP contribution in [0, 0.1) is 12.3 Å². The molecule has 2 heteroatoms. The van der Waals surface area contributed by atoms with E-state index >= 15 is 0 Å². The van der Waals surface area contributed by atoms with Gasteiger partial charge in [0.1, 0.15) is 0 Å². The largest absolute Gasteiger partial charge is 0.457 e. The first-order valence-corrected chi connectivity index (χ1v) is 2.84. The Hall–Kier alpha value is -0.970. The first-order chi connectivity index (χ1) is 4.41. The van der Waals surface area contributed by atoms with Crippen LogP contribution in [0.25, 0.3) is 0 Å². The number of ether oxygens (including phenoxy) is 1. The first-order valence-electron chi connectivity index (χ1n) is 2.84. The summed E-state index contributed by atoms with van der Waals surface area (Å²) in [6.45, 7) is 1.78. The topological polar surface area (TPSA) is 26.3 Å². The molecule has 0 heterocycles. The third kappa shape index (κ3) is 7.03. The monoisotopic (exact) mass is 125 g/mol. The van der Waals surface area contributed by atoms with E-state index in [4.69, 9.17) is 6.42 Å². The van der Waals surface area contributed by atoms with Crippen LogP contribution in [0.1, 0.15) is 19.3 Å². The van der Waals surface area contributed by atoms with Gasteiger partial charge in [-0.25, -0.2) is 4.79 Å². The summed E-state index contributed by atoms with van der Waals surface area (Å²) in [6.07, 6.45) is 7.47. The molecule has 9 heavy (non-hydrogen) atoms. The summed E-state index contributed by atoms with van der Waals surface area (Å²) in [5.74, 6) is 2.49. The Labute approximate surface area is 55.2 Å².